The number of halogens is 5. The molecule has 0 bridgehead atoms. The topological polar surface area (TPSA) is 12.0 Å². The van der Waals surface area contributed by atoms with Gasteiger partial charge in [0.25, 0.3) is 0 Å². The molecule has 0 radical (unpaired) electrons. The number of alkyl halides is 3. The van der Waals surface area contributed by atoms with Crippen LogP contribution in [0.2, 0.25) is 4.34 Å². The van der Waals surface area contributed by atoms with Gasteiger partial charge in [0.15, 0.2) is 0 Å². The normalized spacial score (nSPS) is 24.7. The van der Waals surface area contributed by atoms with E-state index in [1.165, 1.54) is 11.3 Å². The minimum absolute atomic E-state index is 0.179. The van der Waals surface area contributed by atoms with Crippen molar-refractivity contribution >= 4 is 38.9 Å². The average molecular weight is 377 g/mol. The van der Waals surface area contributed by atoms with Crippen molar-refractivity contribution in [2.45, 2.75) is 44.4 Å². The Hall–Kier alpha value is 0.220. The maximum absolute atomic E-state index is 12.5. The standard InChI is InChI=1S/C12H14BrClF3NS/c13-10-5-9(19-11(10)14)6-18-8-3-1-7(2-4-8)12(15,16)17/h5,7-8,18H,1-4,6H2. The van der Waals surface area contributed by atoms with Crippen LogP contribution in [0.3, 0.4) is 0 Å². The van der Waals surface area contributed by atoms with Crippen LogP contribution in [-0.2, 0) is 6.54 Å². The molecule has 0 atom stereocenters. The summed E-state index contributed by atoms with van der Waals surface area (Å²) in [5.74, 6) is -1.11. The molecular weight excluding hydrogens is 363 g/mol. The second kappa shape index (κ2) is 6.33. The Morgan fingerprint density at radius 2 is 1.95 bits per heavy atom. The molecule has 7 heteroatoms. The van der Waals surface area contributed by atoms with Gasteiger partial charge in [-0.1, -0.05) is 11.6 Å². The zero-order valence-electron chi connectivity index (χ0n) is 10.1. The molecule has 1 saturated carbocycles. The summed E-state index contributed by atoms with van der Waals surface area (Å²) in [5.41, 5.74) is 0. The molecule has 2 rings (SSSR count). The Morgan fingerprint density at radius 1 is 1.32 bits per heavy atom. The lowest BCUT2D eigenvalue weighted by molar-refractivity contribution is -0.182. The van der Waals surface area contributed by atoms with Gasteiger partial charge in [-0.15, -0.1) is 11.3 Å². The van der Waals surface area contributed by atoms with Gasteiger partial charge in [-0.3, -0.25) is 0 Å². The van der Waals surface area contributed by atoms with Gasteiger partial charge in [0.05, 0.1) is 5.92 Å². The van der Waals surface area contributed by atoms with Crippen molar-refractivity contribution in [3.05, 3.63) is 19.8 Å². The minimum atomic E-state index is -4.03. The summed E-state index contributed by atoms with van der Waals surface area (Å²) < 4.78 is 39.2. The molecule has 1 heterocycles. The van der Waals surface area contributed by atoms with Gasteiger partial charge in [0, 0.05) is 21.9 Å². The summed E-state index contributed by atoms with van der Waals surface area (Å²) in [6.45, 7) is 0.664. The van der Waals surface area contributed by atoms with Crippen LogP contribution in [0.1, 0.15) is 30.6 Å². The van der Waals surface area contributed by atoms with E-state index in [9.17, 15) is 13.2 Å². The van der Waals surface area contributed by atoms with Gasteiger partial charge in [-0.05, 0) is 47.7 Å². The molecule has 0 unspecified atom stereocenters. The van der Waals surface area contributed by atoms with Gasteiger partial charge in [0.2, 0.25) is 0 Å². The first-order valence-corrected chi connectivity index (χ1v) is 8.09. The van der Waals surface area contributed by atoms with E-state index >= 15 is 0 Å². The van der Waals surface area contributed by atoms with Gasteiger partial charge >= 0.3 is 6.18 Å². The molecule has 1 aromatic heterocycles. The first-order chi connectivity index (χ1) is 8.86. The summed E-state index contributed by atoms with van der Waals surface area (Å²) in [7, 11) is 0. The Kier molecular flexibility index (Phi) is 5.20. The fourth-order valence-corrected chi connectivity index (χ4v) is 4.09. The number of nitrogens with one attached hydrogen (secondary N) is 1. The van der Waals surface area contributed by atoms with E-state index < -0.39 is 12.1 Å². The van der Waals surface area contributed by atoms with Crippen LogP contribution in [0, 0.1) is 5.92 Å². The van der Waals surface area contributed by atoms with Crippen molar-refractivity contribution in [3.63, 3.8) is 0 Å². The molecule has 1 aliphatic carbocycles. The molecule has 1 aliphatic rings. The van der Waals surface area contributed by atoms with Crippen molar-refractivity contribution in [1.29, 1.82) is 0 Å². The van der Waals surface area contributed by atoms with Crippen molar-refractivity contribution in [2.24, 2.45) is 5.92 Å². The Bertz CT molecular complexity index is 408. The number of thiophene rings is 1. The molecule has 0 aromatic carbocycles. The van der Waals surface area contributed by atoms with Crippen molar-refractivity contribution in [1.82, 2.24) is 5.32 Å². The predicted octanol–water partition coefficient (Wildman–Crippen LogP) is 5.37. The van der Waals surface area contributed by atoms with Crippen LogP contribution >= 0.6 is 38.9 Å². The van der Waals surface area contributed by atoms with Crippen molar-refractivity contribution < 1.29 is 13.2 Å². The highest BCUT2D eigenvalue weighted by Gasteiger charge is 2.41. The average Bonchev–Trinajstić information content (AvgIpc) is 2.66. The van der Waals surface area contributed by atoms with Crippen LogP contribution in [0.4, 0.5) is 13.2 Å². The number of hydrogen-bond acceptors (Lipinski definition) is 2. The molecule has 1 N–H and O–H groups in total. The molecule has 1 fully saturated rings. The quantitative estimate of drug-likeness (QED) is 0.747. The van der Waals surface area contributed by atoms with Gasteiger partial charge < -0.3 is 5.32 Å². The predicted molar refractivity (Wildman–Crippen MR) is 75.7 cm³/mol. The van der Waals surface area contributed by atoms with E-state index in [2.05, 4.69) is 21.2 Å². The second-order valence-corrected chi connectivity index (χ2v) is 7.40. The molecule has 0 saturated heterocycles. The second-order valence-electron chi connectivity index (χ2n) is 4.81. The lowest BCUT2D eigenvalue weighted by atomic mass is 9.85. The largest absolute Gasteiger partial charge is 0.391 e. The monoisotopic (exact) mass is 375 g/mol. The van der Waals surface area contributed by atoms with Crippen LogP contribution in [0.15, 0.2) is 10.5 Å². The molecule has 108 valence electrons. The molecule has 0 spiro atoms. The summed E-state index contributed by atoms with van der Waals surface area (Å²) in [6.07, 6.45) is -2.39. The van der Waals surface area contributed by atoms with Crippen LogP contribution in [0.25, 0.3) is 0 Å². The summed E-state index contributed by atoms with van der Waals surface area (Å²) in [4.78, 5) is 1.09. The lowest BCUT2D eigenvalue weighted by Gasteiger charge is -2.30. The molecule has 0 amide bonds. The van der Waals surface area contributed by atoms with Crippen LogP contribution in [-0.4, -0.2) is 12.2 Å². The van der Waals surface area contributed by atoms with E-state index in [1.54, 1.807) is 0 Å². The van der Waals surface area contributed by atoms with E-state index in [-0.39, 0.29) is 18.9 Å². The zero-order valence-corrected chi connectivity index (χ0v) is 13.2. The SMILES string of the molecule is FC(F)(F)C1CCC(NCc2cc(Br)c(Cl)s2)CC1. The molecule has 19 heavy (non-hydrogen) atoms. The highest BCUT2D eigenvalue weighted by atomic mass is 79.9. The van der Waals surface area contributed by atoms with E-state index in [0.717, 1.165) is 9.35 Å². The van der Waals surface area contributed by atoms with Crippen LogP contribution < -0.4 is 5.32 Å². The highest BCUT2D eigenvalue weighted by molar-refractivity contribution is 9.10. The molecule has 0 aliphatic heterocycles. The highest BCUT2D eigenvalue weighted by Crippen LogP contribution is 2.37. The fourth-order valence-electron chi connectivity index (χ4n) is 2.35. The third kappa shape index (κ3) is 4.34. The number of rotatable bonds is 3. The maximum Gasteiger partial charge on any atom is 0.391 e. The number of hydrogen-bond donors (Lipinski definition) is 1. The first kappa shape index (κ1) is 15.6. The van der Waals surface area contributed by atoms with E-state index in [1.807, 2.05) is 6.07 Å². The van der Waals surface area contributed by atoms with E-state index in [0.29, 0.717) is 23.7 Å². The minimum Gasteiger partial charge on any atom is -0.309 e. The summed E-state index contributed by atoms with van der Waals surface area (Å²) in [5, 5.41) is 3.31. The Morgan fingerprint density at radius 3 is 2.42 bits per heavy atom. The van der Waals surface area contributed by atoms with Crippen LogP contribution in [0.5, 0.6) is 0 Å². The molecule has 1 nitrogen and oxygen atoms in total. The van der Waals surface area contributed by atoms with E-state index in [4.69, 9.17) is 11.6 Å². The summed E-state index contributed by atoms with van der Waals surface area (Å²) >= 11 is 10.8. The lowest BCUT2D eigenvalue weighted by Crippen LogP contribution is -2.36. The zero-order chi connectivity index (χ0) is 14.0. The summed E-state index contributed by atoms with van der Waals surface area (Å²) in [6, 6.07) is 2.12. The van der Waals surface area contributed by atoms with Crippen molar-refractivity contribution in [2.75, 3.05) is 0 Å². The van der Waals surface area contributed by atoms with Crippen molar-refractivity contribution in [3.8, 4) is 0 Å². The van der Waals surface area contributed by atoms with Gasteiger partial charge in [-0.2, -0.15) is 13.2 Å². The Balaban J connectivity index is 1.77. The molecule has 1 aromatic rings. The Labute approximate surface area is 127 Å². The fraction of sp³-hybridized carbons (Fsp3) is 0.667. The first-order valence-electron chi connectivity index (χ1n) is 6.10. The van der Waals surface area contributed by atoms with Gasteiger partial charge in [0.1, 0.15) is 4.34 Å². The smallest absolute Gasteiger partial charge is 0.309 e. The third-order valence-corrected chi connectivity index (χ3v) is 5.93. The maximum atomic E-state index is 12.5. The third-order valence-electron chi connectivity index (χ3n) is 3.45. The molecular formula is C12H14BrClF3NS. The van der Waals surface area contributed by atoms with Gasteiger partial charge in [-0.25, -0.2) is 0 Å².